The topological polar surface area (TPSA) is 24.7 Å². The largest absolute Gasteiger partial charge is 0.255 e. The molecule has 0 aliphatic carbocycles. The van der Waals surface area contributed by atoms with Crippen molar-refractivity contribution in [2.75, 3.05) is 0 Å². The molecule has 37 heavy (non-hydrogen) atoms. The van der Waals surface area contributed by atoms with Crippen molar-refractivity contribution in [3.63, 3.8) is 0 Å². The Morgan fingerprint density at radius 1 is 0.676 bits per heavy atom. The Morgan fingerprint density at radius 2 is 1.41 bits per heavy atom. The lowest BCUT2D eigenvalue weighted by molar-refractivity contribution is 0.662. The first-order valence-corrected chi connectivity index (χ1v) is 14.5. The molecule has 196 valence electrons. The van der Waals surface area contributed by atoms with Crippen LogP contribution in [0.25, 0.3) is 11.1 Å². The van der Waals surface area contributed by atoms with E-state index in [1.165, 1.54) is 78.3 Å². The van der Waals surface area contributed by atoms with Gasteiger partial charge >= 0.3 is 0 Å². The molecule has 0 bridgehead atoms. The third kappa shape index (κ3) is 8.52. The van der Waals surface area contributed by atoms with Crippen molar-refractivity contribution in [1.29, 1.82) is 0 Å². The van der Waals surface area contributed by atoms with Crippen LogP contribution in [0, 0.1) is 0 Å². The van der Waals surface area contributed by atoms with Gasteiger partial charge < -0.3 is 0 Å². The zero-order valence-corrected chi connectivity index (χ0v) is 23.8. The number of aryl methyl sites for hydroxylation is 3. The monoisotopic (exact) mass is 494 g/mol. The number of unbranched alkanes of at least 4 members (excludes halogenated alkanes) is 4. The molecule has 3 rings (SSSR count). The predicted molar refractivity (Wildman–Crippen MR) is 164 cm³/mol. The first kappa shape index (κ1) is 28.6. The standard InChI is InChI=1S/C35H46N2/c1-6-10-12-14-18-29-21-22-32(24-31(29)17-11-7-2)36-26-27(5)37-33-23-28(8-3)34(9-4)35(25-33)30-19-15-13-16-20-30/h13,15-16,19-26H,6-12,14,17-18H2,1-5H3. The molecule has 0 aliphatic rings. The lowest BCUT2D eigenvalue weighted by Gasteiger charge is -2.14. The lowest BCUT2D eigenvalue weighted by Crippen LogP contribution is -1.97. The molecular formula is C35H46N2. The molecule has 0 radical (unpaired) electrons. The number of aliphatic imine (C=N–C) groups is 2. The highest BCUT2D eigenvalue weighted by Crippen LogP contribution is 2.32. The van der Waals surface area contributed by atoms with Gasteiger partial charge in [-0.3, -0.25) is 9.98 Å². The van der Waals surface area contributed by atoms with Gasteiger partial charge in [-0.15, -0.1) is 0 Å². The van der Waals surface area contributed by atoms with E-state index in [0.717, 1.165) is 36.3 Å². The highest BCUT2D eigenvalue weighted by atomic mass is 14.8. The van der Waals surface area contributed by atoms with Crippen molar-refractivity contribution < 1.29 is 0 Å². The summed E-state index contributed by atoms with van der Waals surface area (Å²) >= 11 is 0. The molecule has 0 aliphatic heterocycles. The summed E-state index contributed by atoms with van der Waals surface area (Å²) < 4.78 is 0. The number of nitrogens with zero attached hydrogens (tertiary/aromatic N) is 2. The second kappa shape index (κ2) is 15.3. The van der Waals surface area contributed by atoms with Gasteiger partial charge in [0.25, 0.3) is 0 Å². The average Bonchev–Trinajstić information content (AvgIpc) is 2.93. The smallest absolute Gasteiger partial charge is 0.0642 e. The molecule has 2 nitrogen and oxygen atoms in total. The van der Waals surface area contributed by atoms with Gasteiger partial charge in [0.1, 0.15) is 0 Å². The fourth-order valence-corrected chi connectivity index (χ4v) is 5.07. The summed E-state index contributed by atoms with van der Waals surface area (Å²) in [6.07, 6.45) is 13.9. The van der Waals surface area contributed by atoms with Crippen molar-refractivity contribution in [3.8, 4) is 11.1 Å². The number of benzene rings is 3. The van der Waals surface area contributed by atoms with Crippen molar-refractivity contribution >= 4 is 23.3 Å². The zero-order chi connectivity index (χ0) is 26.5. The molecule has 0 heterocycles. The van der Waals surface area contributed by atoms with Gasteiger partial charge in [-0.25, -0.2) is 0 Å². The summed E-state index contributed by atoms with van der Waals surface area (Å²) in [7, 11) is 0. The molecule has 0 unspecified atom stereocenters. The average molecular weight is 495 g/mol. The maximum atomic E-state index is 4.96. The number of hydrogen-bond donors (Lipinski definition) is 0. The summed E-state index contributed by atoms with van der Waals surface area (Å²) in [6.45, 7) is 11.1. The SMILES string of the molecule is CCCCCCc1ccc(N=CC(C)=Nc2cc(CC)c(CC)c(-c3ccccc3)c2)cc1CCCC. The fourth-order valence-electron chi connectivity index (χ4n) is 5.07. The Morgan fingerprint density at radius 3 is 2.11 bits per heavy atom. The maximum absolute atomic E-state index is 4.96. The van der Waals surface area contributed by atoms with Gasteiger partial charge in [0.05, 0.1) is 17.1 Å². The molecule has 3 aromatic rings. The van der Waals surface area contributed by atoms with Crippen molar-refractivity contribution in [3.05, 3.63) is 82.9 Å². The Hall–Kier alpha value is -3.00. The van der Waals surface area contributed by atoms with E-state index in [0.29, 0.717) is 0 Å². The maximum Gasteiger partial charge on any atom is 0.0642 e. The van der Waals surface area contributed by atoms with Crippen molar-refractivity contribution in [2.24, 2.45) is 9.98 Å². The van der Waals surface area contributed by atoms with E-state index in [1.54, 1.807) is 0 Å². The van der Waals surface area contributed by atoms with Gasteiger partial charge in [-0.05, 0) is 103 Å². The molecule has 0 saturated carbocycles. The minimum Gasteiger partial charge on any atom is -0.255 e. The third-order valence-corrected chi connectivity index (χ3v) is 7.14. The fraction of sp³-hybridized carbons (Fsp3) is 0.429. The molecule has 2 heteroatoms. The van der Waals surface area contributed by atoms with Crippen LogP contribution in [-0.4, -0.2) is 11.9 Å². The van der Waals surface area contributed by atoms with Gasteiger partial charge in [0, 0.05) is 6.21 Å². The van der Waals surface area contributed by atoms with E-state index < -0.39 is 0 Å². The number of hydrogen-bond acceptors (Lipinski definition) is 2. The summed E-state index contributed by atoms with van der Waals surface area (Å²) in [4.78, 5) is 9.78. The second-order valence-electron chi connectivity index (χ2n) is 10.1. The Kier molecular flexibility index (Phi) is 11.8. The Balaban J connectivity index is 1.84. The zero-order valence-electron chi connectivity index (χ0n) is 23.8. The number of rotatable bonds is 14. The van der Waals surface area contributed by atoms with E-state index in [4.69, 9.17) is 9.98 Å². The summed E-state index contributed by atoms with van der Waals surface area (Å²) in [5.41, 5.74) is 11.3. The molecular weight excluding hydrogens is 448 g/mol. The minimum atomic E-state index is 0.920. The quantitative estimate of drug-likeness (QED) is 0.157. The van der Waals surface area contributed by atoms with Crippen LogP contribution in [0.15, 0.2) is 70.6 Å². The van der Waals surface area contributed by atoms with E-state index in [2.05, 4.69) is 88.4 Å². The van der Waals surface area contributed by atoms with E-state index in [1.807, 2.05) is 13.1 Å². The van der Waals surface area contributed by atoms with Crippen LogP contribution in [0.1, 0.15) is 95.4 Å². The van der Waals surface area contributed by atoms with Crippen molar-refractivity contribution in [2.45, 2.75) is 98.8 Å². The minimum absolute atomic E-state index is 0.920. The molecule has 0 saturated heterocycles. The Labute approximate surface area is 226 Å². The van der Waals surface area contributed by atoms with Crippen LogP contribution < -0.4 is 0 Å². The van der Waals surface area contributed by atoms with Crippen LogP contribution in [-0.2, 0) is 25.7 Å². The van der Waals surface area contributed by atoms with Crippen LogP contribution in [0.4, 0.5) is 11.4 Å². The van der Waals surface area contributed by atoms with Gasteiger partial charge in [-0.1, -0.05) is 89.8 Å². The first-order chi connectivity index (χ1) is 18.1. The molecule has 0 amide bonds. The van der Waals surface area contributed by atoms with E-state index in [9.17, 15) is 0 Å². The third-order valence-electron chi connectivity index (χ3n) is 7.14. The molecule has 0 fully saturated rings. The first-order valence-electron chi connectivity index (χ1n) is 14.5. The van der Waals surface area contributed by atoms with Gasteiger partial charge in [0.2, 0.25) is 0 Å². The van der Waals surface area contributed by atoms with Crippen molar-refractivity contribution in [1.82, 2.24) is 0 Å². The van der Waals surface area contributed by atoms with Gasteiger partial charge in [0.15, 0.2) is 0 Å². The van der Waals surface area contributed by atoms with Crippen LogP contribution in [0.5, 0.6) is 0 Å². The van der Waals surface area contributed by atoms with Crippen LogP contribution >= 0.6 is 0 Å². The molecule has 0 atom stereocenters. The van der Waals surface area contributed by atoms with Crippen LogP contribution in [0.2, 0.25) is 0 Å². The Bertz CT molecular complexity index is 1170. The van der Waals surface area contributed by atoms with E-state index in [-0.39, 0.29) is 0 Å². The molecule has 0 N–H and O–H groups in total. The highest BCUT2D eigenvalue weighted by molar-refractivity contribution is 6.30. The summed E-state index contributed by atoms with van der Waals surface area (Å²) in [6, 6.07) is 21.9. The van der Waals surface area contributed by atoms with Crippen LogP contribution in [0.3, 0.4) is 0 Å². The summed E-state index contributed by atoms with van der Waals surface area (Å²) in [5.74, 6) is 0. The predicted octanol–water partition coefficient (Wildman–Crippen LogP) is 10.4. The lowest BCUT2D eigenvalue weighted by atomic mass is 9.92. The molecule has 0 aromatic heterocycles. The second-order valence-corrected chi connectivity index (χ2v) is 10.1. The van der Waals surface area contributed by atoms with Gasteiger partial charge in [-0.2, -0.15) is 0 Å². The summed E-state index contributed by atoms with van der Waals surface area (Å²) in [5, 5.41) is 0. The molecule has 3 aromatic carbocycles. The van der Waals surface area contributed by atoms with E-state index >= 15 is 0 Å². The normalized spacial score (nSPS) is 12.0. The molecule has 0 spiro atoms. The highest BCUT2D eigenvalue weighted by Gasteiger charge is 2.10.